The Kier molecular flexibility index (Phi) is 3.28. The maximum absolute atomic E-state index is 5.89. The van der Waals surface area contributed by atoms with Gasteiger partial charge >= 0.3 is 0 Å². The van der Waals surface area contributed by atoms with Crippen LogP contribution in [0.4, 0.5) is 0 Å². The summed E-state index contributed by atoms with van der Waals surface area (Å²) in [5.74, 6) is 1.72. The lowest BCUT2D eigenvalue weighted by atomic mass is 10.4. The molecule has 90 valence electrons. The summed E-state index contributed by atoms with van der Waals surface area (Å²) in [7, 11) is 1.81. The molecule has 0 saturated heterocycles. The highest BCUT2D eigenvalue weighted by Gasteiger charge is 2.08. The van der Waals surface area contributed by atoms with Crippen molar-refractivity contribution >= 4 is 11.6 Å². The van der Waals surface area contributed by atoms with E-state index in [1.54, 1.807) is 10.7 Å². The van der Waals surface area contributed by atoms with E-state index >= 15 is 0 Å². The number of hydrogen-bond donors (Lipinski definition) is 0. The van der Waals surface area contributed by atoms with E-state index in [0.717, 1.165) is 5.69 Å². The van der Waals surface area contributed by atoms with Crippen LogP contribution in [0.3, 0.4) is 0 Å². The smallest absolute Gasteiger partial charge is 0.226 e. The monoisotopic (exact) mass is 252 g/mol. The van der Waals surface area contributed by atoms with E-state index in [-0.39, 0.29) is 0 Å². The van der Waals surface area contributed by atoms with E-state index in [0.29, 0.717) is 29.2 Å². The van der Waals surface area contributed by atoms with E-state index in [1.165, 1.54) is 0 Å². The van der Waals surface area contributed by atoms with Crippen LogP contribution in [-0.4, -0.2) is 19.7 Å². The summed E-state index contributed by atoms with van der Waals surface area (Å²) in [4.78, 5) is 8.31. The Morgan fingerprint density at radius 3 is 2.71 bits per heavy atom. The Hall–Kier alpha value is -1.62. The van der Waals surface area contributed by atoms with E-state index < -0.39 is 0 Å². The molecule has 2 heterocycles. The van der Waals surface area contributed by atoms with Crippen molar-refractivity contribution in [3.63, 3.8) is 0 Å². The lowest BCUT2D eigenvalue weighted by Crippen LogP contribution is -1.99. The molecule has 17 heavy (non-hydrogen) atoms. The molecule has 2 aromatic rings. The Balaban J connectivity index is 2.29. The minimum Gasteiger partial charge on any atom is -0.421 e. The third kappa shape index (κ3) is 2.74. The van der Waals surface area contributed by atoms with Gasteiger partial charge in [-0.1, -0.05) is 18.5 Å². The molecule has 0 aliphatic rings. The highest BCUT2D eigenvalue weighted by Crippen LogP contribution is 2.21. The standard InChI is InChI=1S/C11H13ClN4O/c1-4-9-13-8(12)6-10(14-9)17-11-5-7(2)15-16(11)3/h5-6H,4H2,1-3H3. The fraction of sp³-hybridized carbons (Fsp3) is 0.364. The predicted molar refractivity (Wildman–Crippen MR) is 64.4 cm³/mol. The average Bonchev–Trinajstić information content (AvgIpc) is 2.56. The van der Waals surface area contributed by atoms with Gasteiger partial charge in [0, 0.05) is 25.6 Å². The molecule has 0 atom stereocenters. The predicted octanol–water partition coefficient (Wildman–Crippen LogP) is 2.53. The zero-order valence-electron chi connectivity index (χ0n) is 9.94. The quantitative estimate of drug-likeness (QED) is 0.788. The maximum atomic E-state index is 5.89. The fourth-order valence-corrected chi connectivity index (χ4v) is 1.63. The van der Waals surface area contributed by atoms with Gasteiger partial charge in [-0.05, 0) is 6.92 Å². The normalized spacial score (nSPS) is 10.6. The van der Waals surface area contributed by atoms with Crippen molar-refractivity contribution in [2.24, 2.45) is 7.05 Å². The topological polar surface area (TPSA) is 52.8 Å². The number of aryl methyl sites for hydroxylation is 3. The number of ether oxygens (including phenoxy) is 1. The van der Waals surface area contributed by atoms with Gasteiger partial charge in [0.25, 0.3) is 0 Å². The largest absolute Gasteiger partial charge is 0.421 e. The first-order valence-electron chi connectivity index (χ1n) is 5.30. The third-order valence-corrected chi connectivity index (χ3v) is 2.40. The van der Waals surface area contributed by atoms with Crippen molar-refractivity contribution in [1.82, 2.24) is 19.7 Å². The number of nitrogens with zero attached hydrogens (tertiary/aromatic N) is 4. The lowest BCUT2D eigenvalue weighted by Gasteiger charge is -2.05. The molecule has 0 unspecified atom stereocenters. The average molecular weight is 253 g/mol. The van der Waals surface area contributed by atoms with Crippen molar-refractivity contribution in [3.05, 3.63) is 28.8 Å². The van der Waals surface area contributed by atoms with Crippen molar-refractivity contribution in [1.29, 1.82) is 0 Å². The minimum absolute atomic E-state index is 0.380. The summed E-state index contributed by atoms with van der Waals surface area (Å²) < 4.78 is 7.27. The lowest BCUT2D eigenvalue weighted by molar-refractivity contribution is 0.412. The number of rotatable bonds is 3. The van der Waals surface area contributed by atoms with Gasteiger partial charge in [0.15, 0.2) is 0 Å². The zero-order valence-corrected chi connectivity index (χ0v) is 10.7. The minimum atomic E-state index is 0.380. The van der Waals surface area contributed by atoms with Crippen LogP contribution in [0.2, 0.25) is 5.15 Å². The van der Waals surface area contributed by atoms with Crippen LogP contribution < -0.4 is 4.74 Å². The molecule has 0 amide bonds. The molecule has 0 aromatic carbocycles. The molecule has 0 N–H and O–H groups in total. The molecule has 5 nitrogen and oxygen atoms in total. The first kappa shape index (κ1) is 11.9. The third-order valence-electron chi connectivity index (χ3n) is 2.20. The number of hydrogen-bond acceptors (Lipinski definition) is 4. The maximum Gasteiger partial charge on any atom is 0.226 e. The van der Waals surface area contributed by atoms with Crippen LogP contribution in [0.25, 0.3) is 0 Å². The molecule has 6 heteroatoms. The summed E-state index contributed by atoms with van der Waals surface area (Å²) in [5.41, 5.74) is 0.887. The first-order chi connectivity index (χ1) is 8.08. The van der Waals surface area contributed by atoms with Crippen LogP contribution in [0.15, 0.2) is 12.1 Å². The molecular formula is C11H13ClN4O. The van der Waals surface area contributed by atoms with E-state index in [2.05, 4.69) is 15.1 Å². The fourth-order valence-electron chi connectivity index (χ4n) is 1.44. The summed E-state index contributed by atoms with van der Waals surface area (Å²) in [6, 6.07) is 3.42. The van der Waals surface area contributed by atoms with Crippen molar-refractivity contribution < 1.29 is 4.74 Å². The molecule has 0 aliphatic carbocycles. The highest BCUT2D eigenvalue weighted by atomic mass is 35.5. The van der Waals surface area contributed by atoms with E-state index in [1.807, 2.05) is 27.0 Å². The summed E-state index contributed by atoms with van der Waals surface area (Å²) >= 11 is 5.89. The van der Waals surface area contributed by atoms with E-state index in [9.17, 15) is 0 Å². The van der Waals surface area contributed by atoms with Gasteiger partial charge in [0.2, 0.25) is 11.8 Å². The number of halogens is 1. The molecule has 0 fully saturated rings. The first-order valence-corrected chi connectivity index (χ1v) is 5.68. The van der Waals surface area contributed by atoms with E-state index in [4.69, 9.17) is 16.3 Å². The van der Waals surface area contributed by atoms with Crippen molar-refractivity contribution in [3.8, 4) is 11.8 Å². The Bertz CT molecular complexity index is 538. The zero-order chi connectivity index (χ0) is 12.4. The van der Waals surface area contributed by atoms with Gasteiger partial charge in [0.1, 0.15) is 11.0 Å². The summed E-state index contributed by atoms with van der Waals surface area (Å²) in [5, 5.41) is 4.57. The van der Waals surface area contributed by atoms with Crippen LogP contribution in [0.1, 0.15) is 18.4 Å². The molecule has 0 aliphatic heterocycles. The Labute approximate surface area is 104 Å². The second-order valence-corrected chi connectivity index (χ2v) is 4.04. The van der Waals surface area contributed by atoms with Gasteiger partial charge in [0.05, 0.1) is 5.69 Å². The molecule has 2 aromatic heterocycles. The van der Waals surface area contributed by atoms with Crippen molar-refractivity contribution in [2.75, 3.05) is 0 Å². The number of aromatic nitrogens is 4. The molecule has 0 saturated carbocycles. The van der Waals surface area contributed by atoms with Crippen LogP contribution >= 0.6 is 11.6 Å². The van der Waals surface area contributed by atoms with Crippen LogP contribution in [0, 0.1) is 6.92 Å². The molecular weight excluding hydrogens is 240 g/mol. The second-order valence-electron chi connectivity index (χ2n) is 3.65. The van der Waals surface area contributed by atoms with Gasteiger partial charge in [-0.3, -0.25) is 0 Å². The van der Waals surface area contributed by atoms with Crippen molar-refractivity contribution in [2.45, 2.75) is 20.3 Å². The summed E-state index contributed by atoms with van der Waals surface area (Å²) in [6.07, 6.45) is 0.710. The molecule has 2 rings (SSSR count). The Morgan fingerprint density at radius 2 is 2.12 bits per heavy atom. The van der Waals surface area contributed by atoms with Gasteiger partial charge < -0.3 is 4.74 Å². The SMILES string of the molecule is CCc1nc(Cl)cc(Oc2cc(C)nn2C)n1. The van der Waals surface area contributed by atoms with Gasteiger partial charge in [-0.25, -0.2) is 9.67 Å². The second kappa shape index (κ2) is 4.71. The van der Waals surface area contributed by atoms with Crippen LogP contribution in [-0.2, 0) is 13.5 Å². The van der Waals surface area contributed by atoms with Gasteiger partial charge in [-0.2, -0.15) is 10.1 Å². The molecule has 0 bridgehead atoms. The molecule has 0 spiro atoms. The van der Waals surface area contributed by atoms with Gasteiger partial charge in [-0.15, -0.1) is 0 Å². The van der Waals surface area contributed by atoms with Crippen LogP contribution in [0.5, 0.6) is 11.8 Å². The molecule has 0 radical (unpaired) electrons. The highest BCUT2D eigenvalue weighted by molar-refractivity contribution is 6.29. The Morgan fingerprint density at radius 1 is 1.35 bits per heavy atom. The summed E-state index contributed by atoms with van der Waals surface area (Å²) in [6.45, 7) is 3.86.